The molecule has 0 radical (unpaired) electrons. The maximum Gasteiger partial charge on any atom is 0.319 e. The molecule has 1 saturated heterocycles. The van der Waals surface area contributed by atoms with E-state index in [1.54, 1.807) is 23.5 Å². The van der Waals surface area contributed by atoms with E-state index in [9.17, 15) is 9.18 Å². The number of aryl methyl sites for hydroxylation is 1. The predicted molar refractivity (Wildman–Crippen MR) is 145 cm³/mol. The van der Waals surface area contributed by atoms with Crippen molar-refractivity contribution in [2.75, 3.05) is 18.4 Å². The van der Waals surface area contributed by atoms with E-state index in [2.05, 4.69) is 57.5 Å². The van der Waals surface area contributed by atoms with Crippen LogP contribution in [0.4, 0.5) is 14.9 Å². The predicted octanol–water partition coefficient (Wildman–Crippen LogP) is 6.48. The number of carbonyl (C=O) groups excluding carboxylic acids is 1. The zero-order chi connectivity index (χ0) is 25.1. The molecule has 4 aromatic rings. The number of fused-ring (bicyclic) bond motifs is 1. The van der Waals surface area contributed by atoms with Crippen LogP contribution in [0, 0.1) is 11.7 Å². The second-order valence-electron chi connectivity index (χ2n) is 9.60. The zero-order valence-electron chi connectivity index (χ0n) is 20.8. The molecule has 36 heavy (non-hydrogen) atoms. The SMILES string of the molecule is CCn1cc(NC(=O)NCc2ccc(F)cc2)c2cc(-c3nc(CN4CCC(C)CC4)cs3)ccc21. The Morgan fingerprint density at radius 1 is 1.17 bits per heavy atom. The molecule has 0 aliphatic carbocycles. The molecule has 0 bridgehead atoms. The van der Waals surface area contributed by atoms with Gasteiger partial charge in [-0.25, -0.2) is 14.2 Å². The van der Waals surface area contributed by atoms with Gasteiger partial charge in [-0.15, -0.1) is 11.3 Å². The lowest BCUT2D eigenvalue weighted by molar-refractivity contribution is 0.184. The minimum Gasteiger partial charge on any atom is -0.346 e. The summed E-state index contributed by atoms with van der Waals surface area (Å²) in [5.41, 5.74) is 4.83. The van der Waals surface area contributed by atoms with Crippen LogP contribution in [0.15, 0.2) is 54.0 Å². The highest BCUT2D eigenvalue weighted by molar-refractivity contribution is 7.13. The van der Waals surface area contributed by atoms with Crippen LogP contribution in [-0.4, -0.2) is 33.6 Å². The summed E-state index contributed by atoms with van der Waals surface area (Å²) in [6.45, 7) is 8.72. The largest absolute Gasteiger partial charge is 0.346 e. The highest BCUT2D eigenvalue weighted by Crippen LogP contribution is 2.33. The van der Waals surface area contributed by atoms with Gasteiger partial charge in [-0.1, -0.05) is 19.1 Å². The molecule has 0 atom stereocenters. The molecule has 2 N–H and O–H groups in total. The summed E-state index contributed by atoms with van der Waals surface area (Å²) in [6.07, 6.45) is 4.49. The monoisotopic (exact) mass is 505 g/mol. The van der Waals surface area contributed by atoms with Crippen LogP contribution in [0.3, 0.4) is 0 Å². The number of anilines is 1. The van der Waals surface area contributed by atoms with Crippen molar-refractivity contribution in [3.05, 3.63) is 71.1 Å². The van der Waals surface area contributed by atoms with Crippen molar-refractivity contribution in [3.8, 4) is 10.6 Å². The lowest BCUT2D eigenvalue weighted by Gasteiger charge is -2.29. The molecule has 188 valence electrons. The molecule has 0 saturated carbocycles. The highest BCUT2D eigenvalue weighted by Gasteiger charge is 2.18. The van der Waals surface area contributed by atoms with E-state index in [0.717, 1.165) is 70.5 Å². The van der Waals surface area contributed by atoms with Crippen LogP contribution in [0.2, 0.25) is 0 Å². The number of carbonyl (C=O) groups is 1. The van der Waals surface area contributed by atoms with E-state index in [0.29, 0.717) is 6.54 Å². The van der Waals surface area contributed by atoms with Gasteiger partial charge in [-0.05, 0) is 74.7 Å². The van der Waals surface area contributed by atoms with Crippen molar-refractivity contribution in [2.24, 2.45) is 5.92 Å². The minimum absolute atomic E-state index is 0.292. The number of thiazole rings is 1. The van der Waals surface area contributed by atoms with Gasteiger partial charge in [0.2, 0.25) is 0 Å². The average Bonchev–Trinajstić information content (AvgIpc) is 3.49. The summed E-state index contributed by atoms with van der Waals surface area (Å²) >= 11 is 1.67. The molecule has 0 spiro atoms. The van der Waals surface area contributed by atoms with E-state index in [1.165, 1.54) is 25.0 Å². The van der Waals surface area contributed by atoms with Crippen molar-refractivity contribution in [1.29, 1.82) is 0 Å². The van der Waals surface area contributed by atoms with Gasteiger partial charge in [0.15, 0.2) is 0 Å². The molecule has 0 unspecified atom stereocenters. The van der Waals surface area contributed by atoms with Crippen LogP contribution in [0.1, 0.15) is 37.9 Å². The summed E-state index contributed by atoms with van der Waals surface area (Å²) < 4.78 is 15.2. The molecule has 2 aromatic heterocycles. The topological polar surface area (TPSA) is 62.2 Å². The molecule has 8 heteroatoms. The fourth-order valence-electron chi connectivity index (χ4n) is 4.70. The first-order valence-electron chi connectivity index (χ1n) is 12.6. The number of halogens is 1. The third kappa shape index (κ3) is 5.60. The lowest BCUT2D eigenvalue weighted by atomic mass is 9.99. The number of rotatable bonds is 7. The summed E-state index contributed by atoms with van der Waals surface area (Å²) in [6, 6.07) is 12.1. The molecule has 1 fully saturated rings. The second-order valence-corrected chi connectivity index (χ2v) is 10.5. The van der Waals surface area contributed by atoms with Crippen molar-refractivity contribution < 1.29 is 9.18 Å². The number of amides is 2. The zero-order valence-corrected chi connectivity index (χ0v) is 21.6. The van der Waals surface area contributed by atoms with Crippen LogP contribution in [0.5, 0.6) is 0 Å². The molecule has 1 aliphatic rings. The number of likely N-dealkylation sites (tertiary alicyclic amines) is 1. The Bertz CT molecular complexity index is 1340. The number of hydrogen-bond acceptors (Lipinski definition) is 4. The van der Waals surface area contributed by atoms with E-state index < -0.39 is 0 Å². The van der Waals surface area contributed by atoms with E-state index in [4.69, 9.17) is 4.98 Å². The van der Waals surface area contributed by atoms with Crippen LogP contribution in [0.25, 0.3) is 21.5 Å². The number of benzene rings is 2. The fourth-order valence-corrected chi connectivity index (χ4v) is 5.51. The van der Waals surface area contributed by atoms with Gasteiger partial charge in [0.25, 0.3) is 0 Å². The van der Waals surface area contributed by atoms with E-state index in [-0.39, 0.29) is 11.8 Å². The number of nitrogens with zero attached hydrogens (tertiary/aromatic N) is 3. The Morgan fingerprint density at radius 2 is 1.94 bits per heavy atom. The van der Waals surface area contributed by atoms with Gasteiger partial charge in [-0.2, -0.15) is 0 Å². The molecular weight excluding hydrogens is 473 g/mol. The van der Waals surface area contributed by atoms with E-state index in [1.807, 2.05) is 6.20 Å². The standard InChI is InChI=1S/C28H32FN5OS/c1-3-34-17-25(32-28(35)30-15-20-4-7-22(29)8-5-20)24-14-21(6-9-26(24)34)27-31-23(18-36-27)16-33-12-10-19(2)11-13-33/h4-9,14,17-19H,3,10-13,15-16H2,1-2H3,(H2,30,32,35). The Hall–Kier alpha value is -3.23. The Balaban J connectivity index is 1.31. The van der Waals surface area contributed by atoms with Crippen LogP contribution < -0.4 is 10.6 Å². The summed E-state index contributed by atoms with van der Waals surface area (Å²) in [4.78, 5) is 20.1. The maximum atomic E-state index is 13.1. The van der Waals surface area contributed by atoms with Crippen molar-refractivity contribution in [2.45, 2.75) is 46.3 Å². The number of nitrogens with one attached hydrogen (secondary N) is 2. The molecule has 5 rings (SSSR count). The smallest absolute Gasteiger partial charge is 0.319 e. The molecule has 2 aromatic carbocycles. The van der Waals surface area contributed by atoms with Crippen molar-refractivity contribution in [1.82, 2.24) is 19.8 Å². The van der Waals surface area contributed by atoms with Gasteiger partial charge < -0.3 is 15.2 Å². The normalized spacial score (nSPS) is 14.9. The van der Waals surface area contributed by atoms with Crippen molar-refractivity contribution >= 4 is 34.0 Å². The van der Waals surface area contributed by atoms with Gasteiger partial charge >= 0.3 is 6.03 Å². The van der Waals surface area contributed by atoms with Crippen LogP contribution in [-0.2, 0) is 19.6 Å². The summed E-state index contributed by atoms with van der Waals surface area (Å²) in [7, 11) is 0. The molecular formula is C28H32FN5OS. The Kier molecular flexibility index (Phi) is 7.34. The summed E-state index contributed by atoms with van der Waals surface area (Å²) in [5, 5.41) is 9.98. The van der Waals surface area contributed by atoms with Gasteiger partial charge in [0, 0.05) is 42.2 Å². The molecule has 2 amide bonds. The van der Waals surface area contributed by atoms with Gasteiger partial charge in [0.05, 0.1) is 16.9 Å². The highest BCUT2D eigenvalue weighted by atomic mass is 32.1. The minimum atomic E-state index is -0.299. The second kappa shape index (κ2) is 10.8. The molecule has 3 heterocycles. The first kappa shape index (κ1) is 24.5. The maximum absolute atomic E-state index is 13.1. The number of aromatic nitrogens is 2. The fraction of sp³-hybridized carbons (Fsp3) is 0.357. The molecule has 6 nitrogen and oxygen atoms in total. The number of piperidine rings is 1. The quantitative estimate of drug-likeness (QED) is 0.302. The molecule has 1 aliphatic heterocycles. The average molecular weight is 506 g/mol. The lowest BCUT2D eigenvalue weighted by Crippen LogP contribution is -2.32. The van der Waals surface area contributed by atoms with Gasteiger partial charge in [0.1, 0.15) is 10.8 Å². The van der Waals surface area contributed by atoms with Crippen molar-refractivity contribution in [3.63, 3.8) is 0 Å². The van der Waals surface area contributed by atoms with Crippen LogP contribution >= 0.6 is 11.3 Å². The summed E-state index contributed by atoms with van der Waals surface area (Å²) in [5.74, 6) is 0.530. The number of urea groups is 1. The third-order valence-corrected chi connectivity index (χ3v) is 7.84. The van der Waals surface area contributed by atoms with Gasteiger partial charge in [-0.3, -0.25) is 4.90 Å². The Labute approximate surface area is 215 Å². The number of hydrogen-bond donors (Lipinski definition) is 2. The first-order valence-corrected chi connectivity index (χ1v) is 13.5. The van der Waals surface area contributed by atoms with E-state index >= 15 is 0 Å². The Morgan fingerprint density at radius 3 is 2.69 bits per heavy atom. The third-order valence-electron chi connectivity index (χ3n) is 6.90. The first-order chi connectivity index (χ1) is 17.5.